The minimum absolute atomic E-state index is 0.207. The van der Waals surface area contributed by atoms with Gasteiger partial charge in [-0.15, -0.1) is 0 Å². The van der Waals surface area contributed by atoms with E-state index in [-0.39, 0.29) is 5.82 Å². The number of aromatic nitrogens is 2. The second-order valence-corrected chi connectivity index (χ2v) is 3.25. The molecule has 0 aliphatic rings. The predicted octanol–water partition coefficient (Wildman–Crippen LogP) is -1.25. The number of aliphatic hydroxyl groups excluding tert-OH is 1. The van der Waals surface area contributed by atoms with Crippen molar-refractivity contribution in [1.29, 1.82) is 0 Å². The third-order valence-electron chi connectivity index (χ3n) is 2.02. The van der Waals surface area contributed by atoms with Gasteiger partial charge in [-0.25, -0.2) is 9.97 Å². The average molecular weight is 210 g/mol. The van der Waals surface area contributed by atoms with Crippen LogP contribution in [0.4, 0.5) is 0 Å². The summed E-state index contributed by atoms with van der Waals surface area (Å²) < 4.78 is 0. The monoisotopic (exact) mass is 210 g/mol. The molecule has 0 aliphatic carbocycles. The summed E-state index contributed by atoms with van der Waals surface area (Å²) in [5.74, 6) is -0.269. The molecule has 1 rings (SSSR count). The number of hydrogen-bond donors (Lipinski definition) is 3. The summed E-state index contributed by atoms with van der Waals surface area (Å²) in [4.78, 5) is 19.3. The Morgan fingerprint density at radius 3 is 2.40 bits per heavy atom. The Morgan fingerprint density at radius 1 is 1.40 bits per heavy atom. The summed E-state index contributed by atoms with van der Waals surface area (Å²) in [5.41, 5.74) is 11.1. The van der Waals surface area contributed by atoms with E-state index in [1.54, 1.807) is 6.07 Å². The van der Waals surface area contributed by atoms with Crippen LogP contribution in [0.15, 0.2) is 18.5 Å². The Morgan fingerprint density at radius 2 is 1.93 bits per heavy atom. The van der Waals surface area contributed by atoms with Crippen molar-refractivity contribution in [2.75, 3.05) is 0 Å². The quantitative estimate of drug-likeness (QED) is 0.572. The second kappa shape index (κ2) is 4.92. The van der Waals surface area contributed by atoms with E-state index in [1.165, 1.54) is 19.3 Å². The van der Waals surface area contributed by atoms with Crippen molar-refractivity contribution < 1.29 is 9.90 Å². The van der Waals surface area contributed by atoms with Crippen LogP contribution in [0, 0.1) is 0 Å². The Kier molecular flexibility index (Phi) is 3.84. The van der Waals surface area contributed by atoms with Gasteiger partial charge in [-0.1, -0.05) is 0 Å². The summed E-state index contributed by atoms with van der Waals surface area (Å²) in [7, 11) is 0. The van der Waals surface area contributed by atoms with Crippen molar-refractivity contribution in [2.24, 2.45) is 11.5 Å². The van der Waals surface area contributed by atoms with Crippen molar-refractivity contribution in [3.8, 4) is 0 Å². The van der Waals surface area contributed by atoms with E-state index in [4.69, 9.17) is 16.6 Å². The first-order valence-electron chi connectivity index (χ1n) is 4.54. The lowest BCUT2D eigenvalue weighted by Crippen LogP contribution is -2.45. The van der Waals surface area contributed by atoms with Crippen LogP contribution >= 0.6 is 0 Å². The maximum atomic E-state index is 11.6. The summed E-state index contributed by atoms with van der Waals surface area (Å²) in [6.45, 7) is 1.43. The molecule has 0 saturated heterocycles. The number of carbonyl (C=O) groups excluding carboxylic acids is 1. The van der Waals surface area contributed by atoms with Gasteiger partial charge in [0, 0.05) is 12.4 Å². The van der Waals surface area contributed by atoms with E-state index >= 15 is 0 Å². The maximum absolute atomic E-state index is 11.6. The van der Waals surface area contributed by atoms with E-state index < -0.39 is 24.0 Å². The van der Waals surface area contributed by atoms with Gasteiger partial charge in [0.05, 0.1) is 12.1 Å². The van der Waals surface area contributed by atoms with Crippen LogP contribution in [0.1, 0.15) is 18.8 Å². The normalized spacial score (nSPS) is 16.8. The van der Waals surface area contributed by atoms with Crippen LogP contribution in [0.5, 0.6) is 0 Å². The zero-order valence-electron chi connectivity index (χ0n) is 8.37. The van der Waals surface area contributed by atoms with Gasteiger partial charge in [-0.3, -0.25) is 4.79 Å². The molecule has 0 bridgehead atoms. The Hall–Kier alpha value is -1.37. The smallest absolute Gasteiger partial charge is 0.176 e. The van der Waals surface area contributed by atoms with Crippen LogP contribution in [-0.2, 0) is 4.79 Å². The van der Waals surface area contributed by atoms with Gasteiger partial charge in [-0.05, 0) is 13.0 Å². The van der Waals surface area contributed by atoms with E-state index in [9.17, 15) is 4.79 Å². The molecule has 0 amide bonds. The van der Waals surface area contributed by atoms with Crippen LogP contribution in [-0.4, -0.2) is 33.0 Å². The molecule has 3 unspecified atom stereocenters. The number of carbonyl (C=O) groups is 1. The molecule has 0 spiro atoms. The maximum Gasteiger partial charge on any atom is 0.176 e. The average Bonchev–Trinajstić information content (AvgIpc) is 2.27. The number of hydrogen-bond acceptors (Lipinski definition) is 6. The summed E-state index contributed by atoms with van der Waals surface area (Å²) in [6, 6.07) is -0.380. The van der Waals surface area contributed by atoms with E-state index in [0.29, 0.717) is 0 Å². The van der Waals surface area contributed by atoms with Crippen molar-refractivity contribution in [3.05, 3.63) is 24.3 Å². The fraction of sp³-hybridized carbons (Fsp3) is 0.444. The number of rotatable bonds is 4. The molecule has 15 heavy (non-hydrogen) atoms. The van der Waals surface area contributed by atoms with Crippen molar-refractivity contribution in [1.82, 2.24) is 9.97 Å². The zero-order chi connectivity index (χ0) is 11.4. The van der Waals surface area contributed by atoms with Gasteiger partial charge in [0.15, 0.2) is 11.6 Å². The summed E-state index contributed by atoms with van der Waals surface area (Å²) in [6.07, 6.45) is 2.04. The molecule has 6 heteroatoms. The number of Topliss-reactive ketones (excluding diaryl/α,β-unsaturated/α-hetero) is 1. The lowest BCUT2D eigenvalue weighted by Gasteiger charge is -2.17. The number of ketones is 1. The third-order valence-corrected chi connectivity index (χ3v) is 2.02. The highest BCUT2D eigenvalue weighted by atomic mass is 16.3. The molecule has 0 saturated carbocycles. The van der Waals surface area contributed by atoms with E-state index in [0.717, 1.165) is 0 Å². The lowest BCUT2D eigenvalue weighted by atomic mass is 10.0. The molecule has 1 aromatic rings. The molecule has 82 valence electrons. The molecule has 0 aromatic carbocycles. The van der Waals surface area contributed by atoms with Gasteiger partial charge < -0.3 is 16.6 Å². The van der Waals surface area contributed by atoms with Crippen LogP contribution in [0.3, 0.4) is 0 Å². The van der Waals surface area contributed by atoms with Gasteiger partial charge in [-0.2, -0.15) is 0 Å². The molecule has 0 radical (unpaired) electrons. The molecular weight excluding hydrogens is 196 g/mol. The Bertz CT molecular complexity index is 328. The Balaban J connectivity index is 2.78. The Labute approximate surface area is 87.3 Å². The van der Waals surface area contributed by atoms with Crippen molar-refractivity contribution in [3.63, 3.8) is 0 Å². The summed E-state index contributed by atoms with van der Waals surface area (Å²) in [5, 5.41) is 9.14. The summed E-state index contributed by atoms with van der Waals surface area (Å²) >= 11 is 0. The number of aliphatic hydroxyl groups is 1. The first-order chi connectivity index (χ1) is 7.04. The van der Waals surface area contributed by atoms with Gasteiger partial charge in [0.1, 0.15) is 6.04 Å². The van der Waals surface area contributed by atoms with Crippen LogP contribution in [0.25, 0.3) is 0 Å². The minimum Gasteiger partial charge on any atom is -0.391 e. The van der Waals surface area contributed by atoms with Crippen molar-refractivity contribution in [2.45, 2.75) is 25.1 Å². The van der Waals surface area contributed by atoms with E-state index in [2.05, 4.69) is 9.97 Å². The second-order valence-electron chi connectivity index (χ2n) is 3.25. The largest absolute Gasteiger partial charge is 0.391 e. The standard InChI is InChI=1S/C9H14N4O2/c1-5(14)6(10)8(15)7(11)9-12-3-2-4-13-9/h2-7,14H,10-11H2,1H3. The van der Waals surface area contributed by atoms with Crippen LogP contribution < -0.4 is 11.5 Å². The third kappa shape index (κ3) is 2.79. The molecule has 1 heterocycles. The molecule has 5 N–H and O–H groups in total. The predicted molar refractivity (Wildman–Crippen MR) is 53.6 cm³/mol. The molecule has 1 aromatic heterocycles. The minimum atomic E-state index is -1.01. The van der Waals surface area contributed by atoms with Gasteiger partial charge >= 0.3 is 0 Å². The lowest BCUT2D eigenvalue weighted by molar-refractivity contribution is -0.123. The van der Waals surface area contributed by atoms with Gasteiger partial charge in [0.25, 0.3) is 0 Å². The fourth-order valence-corrected chi connectivity index (χ4v) is 1.04. The molecule has 0 aliphatic heterocycles. The first kappa shape index (κ1) is 11.7. The first-order valence-corrected chi connectivity index (χ1v) is 4.54. The highest BCUT2D eigenvalue weighted by Gasteiger charge is 2.27. The molecule has 3 atom stereocenters. The highest BCUT2D eigenvalue weighted by Crippen LogP contribution is 2.07. The number of nitrogens with zero attached hydrogens (tertiary/aromatic N) is 2. The number of nitrogens with two attached hydrogens (primary N) is 2. The molecular formula is C9H14N4O2. The molecule has 6 nitrogen and oxygen atoms in total. The SMILES string of the molecule is CC(O)C(N)C(=O)C(N)c1ncccn1. The zero-order valence-corrected chi connectivity index (χ0v) is 8.37. The topological polar surface area (TPSA) is 115 Å². The van der Waals surface area contributed by atoms with E-state index in [1.807, 2.05) is 0 Å². The fourth-order valence-electron chi connectivity index (χ4n) is 1.04. The van der Waals surface area contributed by atoms with Crippen LogP contribution in [0.2, 0.25) is 0 Å². The van der Waals surface area contributed by atoms with Gasteiger partial charge in [0.2, 0.25) is 0 Å². The molecule has 0 fully saturated rings. The van der Waals surface area contributed by atoms with Crippen molar-refractivity contribution >= 4 is 5.78 Å². The highest BCUT2D eigenvalue weighted by molar-refractivity contribution is 5.89.